The van der Waals surface area contributed by atoms with Crippen LogP contribution in [0.25, 0.3) is 0 Å². The zero-order valence-corrected chi connectivity index (χ0v) is 32.5. The maximum Gasteiger partial charge on any atom is 0.306 e. The third kappa shape index (κ3) is 38.8. The molecule has 0 aliphatic rings. The zero-order valence-electron chi connectivity index (χ0n) is 32.5. The summed E-state index contributed by atoms with van der Waals surface area (Å²) in [7, 11) is 0. The van der Waals surface area contributed by atoms with Crippen LogP contribution in [-0.2, 0) is 19.1 Å². The summed E-state index contributed by atoms with van der Waals surface area (Å²) in [6.45, 7) is 3.78. The normalized spacial score (nSPS) is 13.7. The molecule has 0 bridgehead atoms. The molecule has 1 atom stereocenters. The van der Waals surface area contributed by atoms with Gasteiger partial charge in [0.1, 0.15) is 6.61 Å². The molecule has 0 aromatic carbocycles. The first-order valence-corrected chi connectivity index (χ1v) is 19.7. The minimum Gasteiger partial charge on any atom is -0.462 e. The van der Waals surface area contributed by atoms with Crippen molar-refractivity contribution in [2.75, 3.05) is 13.2 Å². The van der Waals surface area contributed by atoms with E-state index in [1.807, 2.05) is 12.2 Å². The fourth-order valence-electron chi connectivity index (χ4n) is 4.54. The van der Waals surface area contributed by atoms with E-state index in [0.29, 0.717) is 12.8 Å². The van der Waals surface area contributed by atoms with Gasteiger partial charge in [-0.15, -0.1) is 0 Å². The van der Waals surface area contributed by atoms with Crippen LogP contribution in [0.5, 0.6) is 0 Å². The van der Waals surface area contributed by atoms with Gasteiger partial charge in [-0.3, -0.25) is 9.59 Å². The summed E-state index contributed by atoms with van der Waals surface area (Å²) in [6.07, 6.45) is 62.4. The van der Waals surface area contributed by atoms with Crippen LogP contribution < -0.4 is 0 Å². The highest BCUT2D eigenvalue weighted by Gasteiger charge is 2.15. The van der Waals surface area contributed by atoms with E-state index in [2.05, 4.69) is 135 Å². The number of carbonyl (C=O) groups is 2. The third-order valence-electron chi connectivity index (χ3n) is 7.45. The third-order valence-corrected chi connectivity index (χ3v) is 7.45. The van der Waals surface area contributed by atoms with Crippen molar-refractivity contribution in [1.82, 2.24) is 0 Å². The maximum absolute atomic E-state index is 12.2. The van der Waals surface area contributed by atoms with E-state index >= 15 is 0 Å². The highest BCUT2D eigenvalue weighted by Crippen LogP contribution is 2.08. The highest BCUT2D eigenvalue weighted by molar-refractivity contribution is 5.70. The SMILES string of the molecule is CC/C=C\C/C=C\C/C=C\C/C=C\C/C=C\C/C=C\C/C=C\CCCCCC(=O)OC(CO)COC(=O)CC/C=C\C/C=C\C/C=C\C/C=C\CC. The Bertz CT molecular complexity index is 1170. The average Bonchev–Trinajstić information content (AvgIpc) is 3.15. The van der Waals surface area contributed by atoms with Crippen molar-refractivity contribution in [3.8, 4) is 0 Å². The van der Waals surface area contributed by atoms with Gasteiger partial charge in [-0.2, -0.15) is 0 Å². The zero-order chi connectivity index (χ0) is 37.8. The minimum atomic E-state index is -0.828. The van der Waals surface area contributed by atoms with Crippen LogP contribution in [0.1, 0.15) is 129 Å². The topological polar surface area (TPSA) is 72.8 Å². The summed E-state index contributed by atoms with van der Waals surface area (Å²) in [4.78, 5) is 24.2. The number of rotatable bonds is 33. The Morgan fingerprint density at radius 3 is 1.19 bits per heavy atom. The molecule has 0 aliphatic heterocycles. The van der Waals surface area contributed by atoms with E-state index in [1.54, 1.807) is 0 Å². The molecule has 52 heavy (non-hydrogen) atoms. The van der Waals surface area contributed by atoms with Gasteiger partial charge in [-0.1, -0.05) is 154 Å². The summed E-state index contributed by atoms with van der Waals surface area (Å²) in [5, 5.41) is 9.54. The maximum atomic E-state index is 12.2. The van der Waals surface area contributed by atoms with E-state index in [-0.39, 0.29) is 31.6 Å². The molecular weight excluding hydrogens is 645 g/mol. The van der Waals surface area contributed by atoms with Crippen molar-refractivity contribution >= 4 is 11.9 Å². The lowest BCUT2D eigenvalue weighted by Gasteiger charge is -2.15. The molecule has 0 aromatic rings. The first-order valence-electron chi connectivity index (χ1n) is 19.7. The molecule has 0 saturated carbocycles. The van der Waals surface area contributed by atoms with Gasteiger partial charge >= 0.3 is 11.9 Å². The van der Waals surface area contributed by atoms with Crippen molar-refractivity contribution in [3.63, 3.8) is 0 Å². The van der Waals surface area contributed by atoms with Gasteiger partial charge in [0.05, 0.1) is 6.61 Å². The number of unbranched alkanes of at least 4 members (excludes halogenated alkanes) is 3. The Labute approximate surface area is 317 Å². The molecule has 1 N–H and O–H groups in total. The van der Waals surface area contributed by atoms with Crippen LogP contribution in [-0.4, -0.2) is 36.4 Å². The van der Waals surface area contributed by atoms with Gasteiger partial charge in [0.15, 0.2) is 6.10 Å². The monoisotopic (exact) mass is 715 g/mol. The number of aliphatic hydroxyl groups excluding tert-OH is 1. The second-order valence-corrected chi connectivity index (χ2v) is 12.2. The number of hydrogen-bond donors (Lipinski definition) is 1. The summed E-state index contributed by atoms with van der Waals surface area (Å²) in [6, 6.07) is 0. The van der Waals surface area contributed by atoms with E-state index in [1.165, 1.54) is 0 Å². The lowest BCUT2D eigenvalue weighted by Crippen LogP contribution is -2.28. The molecule has 0 aliphatic carbocycles. The van der Waals surface area contributed by atoms with Crippen molar-refractivity contribution in [2.45, 2.75) is 136 Å². The summed E-state index contributed by atoms with van der Waals surface area (Å²) in [5.74, 6) is -0.742. The summed E-state index contributed by atoms with van der Waals surface area (Å²) in [5.41, 5.74) is 0. The van der Waals surface area contributed by atoms with E-state index in [0.717, 1.165) is 96.3 Å². The molecular formula is C47H70O5. The number of ether oxygens (including phenoxy) is 2. The molecule has 5 nitrogen and oxygen atoms in total. The lowest BCUT2D eigenvalue weighted by atomic mass is 10.1. The molecule has 0 amide bonds. The van der Waals surface area contributed by atoms with Crippen LogP contribution in [0.4, 0.5) is 0 Å². The fraction of sp³-hybridized carbons (Fsp3) is 0.489. The quantitative estimate of drug-likeness (QED) is 0.0416. The van der Waals surface area contributed by atoms with Crippen LogP contribution in [0, 0.1) is 0 Å². The van der Waals surface area contributed by atoms with Crippen molar-refractivity contribution in [3.05, 3.63) is 134 Å². The van der Waals surface area contributed by atoms with E-state index in [9.17, 15) is 14.7 Å². The molecule has 0 radical (unpaired) electrons. The van der Waals surface area contributed by atoms with Crippen LogP contribution in [0.2, 0.25) is 0 Å². The van der Waals surface area contributed by atoms with E-state index < -0.39 is 6.10 Å². The average molecular weight is 715 g/mol. The molecule has 1 unspecified atom stereocenters. The Hall–Kier alpha value is -3.96. The van der Waals surface area contributed by atoms with Crippen LogP contribution in [0.15, 0.2) is 134 Å². The Balaban J connectivity index is 3.79. The first-order chi connectivity index (χ1) is 25.6. The Morgan fingerprint density at radius 1 is 0.442 bits per heavy atom. The van der Waals surface area contributed by atoms with Crippen LogP contribution >= 0.6 is 0 Å². The minimum absolute atomic E-state index is 0.128. The number of aliphatic hydroxyl groups is 1. The lowest BCUT2D eigenvalue weighted by molar-refractivity contribution is -0.161. The van der Waals surface area contributed by atoms with Gasteiger partial charge in [-0.05, 0) is 96.3 Å². The molecule has 0 saturated heterocycles. The van der Waals surface area contributed by atoms with Gasteiger partial charge in [0, 0.05) is 12.8 Å². The second-order valence-electron chi connectivity index (χ2n) is 12.2. The van der Waals surface area contributed by atoms with Gasteiger partial charge in [-0.25, -0.2) is 0 Å². The first kappa shape index (κ1) is 48.0. The summed E-state index contributed by atoms with van der Waals surface area (Å²) < 4.78 is 10.5. The molecule has 0 aromatic heterocycles. The Morgan fingerprint density at radius 2 is 0.808 bits per heavy atom. The fourth-order valence-corrected chi connectivity index (χ4v) is 4.54. The molecule has 0 rings (SSSR count). The molecule has 288 valence electrons. The predicted octanol–water partition coefficient (Wildman–Crippen LogP) is 12.6. The smallest absolute Gasteiger partial charge is 0.306 e. The second kappa shape index (κ2) is 41.5. The van der Waals surface area contributed by atoms with Crippen molar-refractivity contribution in [2.24, 2.45) is 0 Å². The largest absolute Gasteiger partial charge is 0.462 e. The molecule has 5 heteroatoms. The molecule has 0 spiro atoms. The number of hydrogen-bond acceptors (Lipinski definition) is 5. The predicted molar refractivity (Wildman–Crippen MR) is 223 cm³/mol. The van der Waals surface area contributed by atoms with Crippen molar-refractivity contribution < 1.29 is 24.2 Å². The number of allylic oxidation sites excluding steroid dienone is 22. The van der Waals surface area contributed by atoms with Crippen molar-refractivity contribution in [1.29, 1.82) is 0 Å². The molecule has 0 fully saturated rings. The molecule has 0 heterocycles. The standard InChI is InChI=1S/C47H70O5/c1-3-5-7-9-11-13-15-17-18-19-20-21-22-23-24-25-26-27-28-30-32-34-36-38-40-42-47(50)52-45(43-48)44-51-46(49)41-39-37-35-33-31-29-16-14-12-10-8-6-4-2/h5-8,11-14,17-18,20-21,23-24,26-27,29-32,35,37,45,48H,3-4,9-10,15-16,19,22,25,28,33-34,36,38-44H2,1-2H3/b7-5-,8-6-,13-11-,14-12-,18-17-,21-20-,24-23-,27-26-,31-29-,32-30-,37-35-. The van der Waals surface area contributed by atoms with Gasteiger partial charge in [0.25, 0.3) is 0 Å². The van der Waals surface area contributed by atoms with E-state index in [4.69, 9.17) is 9.47 Å². The Kier molecular flexibility index (Phi) is 38.3. The number of carbonyl (C=O) groups excluding carboxylic acids is 2. The van der Waals surface area contributed by atoms with Crippen LogP contribution in [0.3, 0.4) is 0 Å². The van der Waals surface area contributed by atoms with Gasteiger partial charge in [0.2, 0.25) is 0 Å². The van der Waals surface area contributed by atoms with Gasteiger partial charge < -0.3 is 14.6 Å². The highest BCUT2D eigenvalue weighted by atomic mass is 16.6. The number of esters is 2. The summed E-state index contributed by atoms with van der Waals surface area (Å²) >= 11 is 0.